The van der Waals surface area contributed by atoms with Crippen LogP contribution in [-0.2, 0) is 22.5 Å². The van der Waals surface area contributed by atoms with Crippen molar-refractivity contribution >= 4 is 34.8 Å². The highest BCUT2D eigenvalue weighted by Gasteiger charge is 2.37. The topological polar surface area (TPSA) is 136 Å². The Labute approximate surface area is 269 Å². The molecule has 5 heterocycles. The molecule has 0 radical (unpaired) electrons. The number of ether oxygens (including phenoxy) is 1. The van der Waals surface area contributed by atoms with Crippen molar-refractivity contribution in [2.45, 2.75) is 70.6 Å². The first-order valence-electron chi connectivity index (χ1n) is 16.8. The maximum Gasteiger partial charge on any atom is 0.410 e. The summed E-state index contributed by atoms with van der Waals surface area (Å²) in [5.41, 5.74) is 5.29. The molecule has 7 rings (SSSR count). The lowest BCUT2D eigenvalue weighted by molar-refractivity contribution is -0.142. The fraction of sp³-hybridized carbons (Fsp3) is 0.559. The molecule has 3 N–H and O–H groups in total. The van der Waals surface area contributed by atoms with Crippen LogP contribution in [0.4, 0.5) is 15.3 Å². The molecule has 0 aliphatic carbocycles. The van der Waals surface area contributed by atoms with Gasteiger partial charge in [-0.3, -0.25) is 4.79 Å². The lowest BCUT2D eigenvalue weighted by Gasteiger charge is -2.41. The minimum Gasteiger partial charge on any atom is -0.436 e. The van der Waals surface area contributed by atoms with Gasteiger partial charge in [-0.05, 0) is 99.2 Å². The quantitative estimate of drug-likeness (QED) is 0.375. The number of aromatic amines is 1. The number of carbonyl (C=O) groups excluding carboxylic acids is 3. The highest BCUT2D eigenvalue weighted by molar-refractivity contribution is 5.92. The van der Waals surface area contributed by atoms with E-state index in [1.165, 1.54) is 12.8 Å². The summed E-state index contributed by atoms with van der Waals surface area (Å²) < 4.78 is 6.08. The second kappa shape index (κ2) is 13.3. The zero-order chi connectivity index (χ0) is 31.6. The van der Waals surface area contributed by atoms with Gasteiger partial charge >= 0.3 is 12.1 Å². The van der Waals surface area contributed by atoms with Gasteiger partial charge in [0.15, 0.2) is 6.10 Å². The highest BCUT2D eigenvalue weighted by Crippen LogP contribution is 2.32. The number of piperidine rings is 3. The van der Waals surface area contributed by atoms with Gasteiger partial charge in [-0.25, -0.2) is 9.59 Å². The van der Waals surface area contributed by atoms with Crippen LogP contribution in [0.15, 0.2) is 36.4 Å². The molecule has 12 nitrogen and oxygen atoms in total. The maximum absolute atomic E-state index is 14.0. The van der Waals surface area contributed by atoms with Gasteiger partial charge in [0.1, 0.15) is 11.0 Å². The zero-order valence-electron chi connectivity index (χ0n) is 26.5. The van der Waals surface area contributed by atoms with E-state index < -0.39 is 12.2 Å². The van der Waals surface area contributed by atoms with Crippen LogP contribution in [0.2, 0.25) is 0 Å². The molecule has 12 heteroatoms. The standard InChI is InChI=1S/C34H44N8O4/c1-22-18-23(19-29-31(22)38-39-37-29)20-30(32(43)40-14-8-25(9-15-40)24-6-12-35-13-7-24)46-34(45)41-16-10-27(11-17-41)42-21-26-4-2-3-5-28(26)36-33(42)44/h2-5,18-19,24-25,27,30,35H,6-17,20-21H2,1H3,(H,36,44)(H,37,38,39). The molecule has 3 saturated heterocycles. The van der Waals surface area contributed by atoms with Gasteiger partial charge in [0.2, 0.25) is 0 Å². The summed E-state index contributed by atoms with van der Waals surface area (Å²) in [6.07, 6.45) is 4.54. The smallest absolute Gasteiger partial charge is 0.410 e. The second-order valence-electron chi connectivity index (χ2n) is 13.4. The number of hydrogen-bond donors (Lipinski definition) is 3. The van der Waals surface area contributed by atoms with Crippen molar-refractivity contribution < 1.29 is 19.1 Å². The summed E-state index contributed by atoms with van der Waals surface area (Å²) in [6, 6.07) is 11.7. The van der Waals surface area contributed by atoms with Crippen molar-refractivity contribution in [2.24, 2.45) is 11.8 Å². The number of fused-ring (bicyclic) bond motifs is 2. The SMILES string of the molecule is Cc1cc(CC(OC(=O)N2CCC(N3Cc4ccccc4NC3=O)CC2)C(=O)N2CCC(C3CCNCC3)CC2)cc2n[nH]nc12. The molecule has 46 heavy (non-hydrogen) atoms. The van der Waals surface area contributed by atoms with E-state index in [0.717, 1.165) is 65.3 Å². The number of amides is 4. The number of H-pyrrole nitrogens is 1. The number of rotatable bonds is 6. The van der Waals surface area contributed by atoms with Crippen molar-refractivity contribution in [3.05, 3.63) is 53.1 Å². The number of aromatic nitrogens is 3. The number of aryl methyl sites for hydroxylation is 1. The Hall–Kier alpha value is -4.19. The predicted octanol–water partition coefficient (Wildman–Crippen LogP) is 4.06. The molecule has 1 atom stereocenters. The average Bonchev–Trinajstić information content (AvgIpc) is 3.57. The molecule has 0 saturated carbocycles. The summed E-state index contributed by atoms with van der Waals surface area (Å²) in [4.78, 5) is 46.0. The Morgan fingerprint density at radius 2 is 1.65 bits per heavy atom. The number of nitrogens with one attached hydrogen (secondary N) is 3. The van der Waals surface area contributed by atoms with Crippen LogP contribution in [-0.4, -0.2) is 99.6 Å². The lowest BCUT2D eigenvalue weighted by Crippen LogP contribution is -2.52. The molecule has 2 aromatic carbocycles. The molecule has 1 aromatic heterocycles. The first kappa shape index (κ1) is 30.5. The van der Waals surface area contributed by atoms with E-state index in [-0.39, 0.29) is 24.4 Å². The number of benzene rings is 2. The van der Waals surface area contributed by atoms with E-state index in [1.54, 1.807) is 4.90 Å². The van der Waals surface area contributed by atoms with E-state index in [0.29, 0.717) is 51.5 Å². The molecule has 3 aromatic rings. The van der Waals surface area contributed by atoms with Gasteiger partial charge in [0.25, 0.3) is 5.91 Å². The first-order valence-corrected chi connectivity index (χ1v) is 16.8. The Bertz CT molecular complexity index is 1570. The van der Waals surface area contributed by atoms with Gasteiger partial charge in [-0.15, -0.1) is 0 Å². The minimum absolute atomic E-state index is 0.0215. The number of carbonyl (C=O) groups is 3. The van der Waals surface area contributed by atoms with Crippen LogP contribution in [0.25, 0.3) is 11.0 Å². The van der Waals surface area contributed by atoms with Crippen molar-refractivity contribution in [2.75, 3.05) is 44.6 Å². The zero-order valence-corrected chi connectivity index (χ0v) is 26.5. The lowest BCUT2D eigenvalue weighted by atomic mass is 9.79. The first-order chi connectivity index (χ1) is 22.4. The van der Waals surface area contributed by atoms with E-state index in [4.69, 9.17) is 4.74 Å². The van der Waals surface area contributed by atoms with Crippen LogP contribution in [0.5, 0.6) is 0 Å². The Kier molecular flexibility index (Phi) is 8.79. The summed E-state index contributed by atoms with van der Waals surface area (Å²) in [5.74, 6) is 1.23. The van der Waals surface area contributed by atoms with Gasteiger partial charge in [0.05, 0.1) is 0 Å². The Morgan fingerprint density at radius 1 is 0.935 bits per heavy atom. The largest absolute Gasteiger partial charge is 0.436 e. The third kappa shape index (κ3) is 6.40. The van der Waals surface area contributed by atoms with Crippen LogP contribution in [0.3, 0.4) is 0 Å². The summed E-state index contributed by atoms with van der Waals surface area (Å²) in [5, 5.41) is 17.6. The molecular weight excluding hydrogens is 584 g/mol. The fourth-order valence-electron chi connectivity index (χ4n) is 7.89. The minimum atomic E-state index is -0.936. The maximum atomic E-state index is 14.0. The number of hydrogen-bond acceptors (Lipinski definition) is 7. The molecule has 3 fully saturated rings. The van der Waals surface area contributed by atoms with E-state index in [9.17, 15) is 14.4 Å². The summed E-state index contributed by atoms with van der Waals surface area (Å²) in [7, 11) is 0. The number of nitrogens with zero attached hydrogens (tertiary/aromatic N) is 5. The van der Waals surface area contributed by atoms with Crippen molar-refractivity contribution in [3.63, 3.8) is 0 Å². The van der Waals surface area contributed by atoms with Crippen LogP contribution < -0.4 is 10.6 Å². The van der Waals surface area contributed by atoms with Crippen LogP contribution >= 0.6 is 0 Å². The monoisotopic (exact) mass is 628 g/mol. The Morgan fingerprint density at radius 3 is 2.43 bits per heavy atom. The fourth-order valence-corrected chi connectivity index (χ4v) is 7.89. The number of urea groups is 1. The van der Waals surface area contributed by atoms with Gasteiger partial charge < -0.3 is 30.1 Å². The van der Waals surface area contributed by atoms with E-state index in [2.05, 4.69) is 26.0 Å². The Balaban J connectivity index is 1.01. The molecule has 244 valence electrons. The summed E-state index contributed by atoms with van der Waals surface area (Å²) >= 11 is 0. The predicted molar refractivity (Wildman–Crippen MR) is 173 cm³/mol. The van der Waals surface area contributed by atoms with Gasteiger partial charge in [0, 0.05) is 50.9 Å². The van der Waals surface area contributed by atoms with Crippen LogP contribution in [0, 0.1) is 18.8 Å². The highest BCUT2D eigenvalue weighted by atomic mass is 16.6. The average molecular weight is 629 g/mol. The third-order valence-electron chi connectivity index (χ3n) is 10.5. The van der Waals surface area contributed by atoms with Crippen molar-refractivity contribution in [3.8, 4) is 0 Å². The molecule has 4 aliphatic heterocycles. The van der Waals surface area contributed by atoms with E-state index >= 15 is 0 Å². The van der Waals surface area contributed by atoms with Gasteiger partial charge in [-0.2, -0.15) is 15.4 Å². The van der Waals surface area contributed by atoms with Crippen molar-refractivity contribution in [1.29, 1.82) is 0 Å². The second-order valence-corrected chi connectivity index (χ2v) is 13.4. The normalized spacial score (nSPS) is 20.8. The molecule has 4 aliphatic rings. The third-order valence-corrected chi connectivity index (χ3v) is 10.5. The van der Waals surface area contributed by atoms with E-state index in [1.807, 2.05) is 53.1 Å². The molecular formula is C34H44N8O4. The van der Waals surface area contributed by atoms with Crippen LogP contribution in [0.1, 0.15) is 55.2 Å². The number of anilines is 1. The molecule has 0 spiro atoms. The molecule has 1 unspecified atom stereocenters. The van der Waals surface area contributed by atoms with Gasteiger partial charge in [-0.1, -0.05) is 24.3 Å². The number of likely N-dealkylation sites (tertiary alicyclic amines) is 2. The molecule has 0 bridgehead atoms. The number of para-hydroxylation sites is 1. The molecule has 4 amide bonds. The summed E-state index contributed by atoms with van der Waals surface area (Å²) in [6.45, 7) is 6.97. The van der Waals surface area contributed by atoms with Crippen molar-refractivity contribution in [1.82, 2.24) is 35.4 Å².